The minimum atomic E-state index is -4.22. The van der Waals surface area contributed by atoms with Crippen molar-refractivity contribution >= 4 is 40.0 Å². The number of hydrogen-bond acceptors (Lipinski definition) is 3. The average molecular weight is 220 g/mol. The van der Waals surface area contributed by atoms with Crippen molar-refractivity contribution < 1.29 is 17.2 Å². The molecule has 0 unspecified atom stereocenters. The van der Waals surface area contributed by atoms with E-state index in [1.807, 2.05) is 0 Å². The van der Waals surface area contributed by atoms with Crippen molar-refractivity contribution in [1.82, 2.24) is 0 Å². The van der Waals surface area contributed by atoms with Gasteiger partial charge in [-0.15, -0.1) is 0 Å². The molecule has 0 bridgehead atoms. The summed E-state index contributed by atoms with van der Waals surface area (Å²) in [4.78, 5) is 0. The second-order valence-corrected chi connectivity index (χ2v) is 3.76. The number of rotatable bonds is 7. The van der Waals surface area contributed by atoms with Crippen LogP contribution in [-0.2, 0) is 14.6 Å². The Kier molecular flexibility index (Phi) is 11.8. The summed E-state index contributed by atoms with van der Waals surface area (Å²) in [5.41, 5.74) is 0. The van der Waals surface area contributed by atoms with E-state index in [4.69, 9.17) is 4.55 Å². The van der Waals surface area contributed by atoms with Crippen LogP contribution in [0.3, 0.4) is 0 Å². The van der Waals surface area contributed by atoms with Crippen LogP contribution in [0.5, 0.6) is 0 Å². The molecule has 0 aromatic heterocycles. The Morgan fingerprint density at radius 3 is 2.15 bits per heavy atom. The minimum absolute atomic E-state index is 0. The van der Waals surface area contributed by atoms with Crippen molar-refractivity contribution in [1.29, 1.82) is 0 Å². The maximum atomic E-state index is 10.1. The molecule has 0 radical (unpaired) electrons. The monoisotopic (exact) mass is 220 g/mol. The number of unbranched alkanes of at least 4 members (excludes halogenated alkanes) is 4. The fourth-order valence-corrected chi connectivity index (χ4v) is 1.20. The van der Waals surface area contributed by atoms with Gasteiger partial charge >= 0.3 is 40.0 Å². The molecule has 0 saturated carbocycles. The molecule has 76 valence electrons. The molecule has 1 N–H and O–H groups in total. The van der Waals surface area contributed by atoms with E-state index in [0.717, 1.165) is 25.7 Å². The molecule has 0 heterocycles. The Balaban J connectivity index is 0. The molecule has 0 spiro atoms. The predicted molar refractivity (Wildman–Crippen MR) is 53.4 cm³/mol. The predicted octanol–water partition coefficient (Wildman–Crippen LogP) is 1.13. The van der Waals surface area contributed by atoms with E-state index in [9.17, 15) is 8.42 Å². The van der Waals surface area contributed by atoms with Crippen LogP contribution in [0.1, 0.15) is 39.0 Å². The van der Waals surface area contributed by atoms with Crippen LogP contribution < -0.4 is 0 Å². The van der Waals surface area contributed by atoms with E-state index >= 15 is 0 Å². The molecule has 13 heavy (non-hydrogen) atoms. The van der Waals surface area contributed by atoms with Crippen molar-refractivity contribution in [2.75, 3.05) is 6.61 Å². The van der Waals surface area contributed by atoms with E-state index in [2.05, 4.69) is 11.1 Å². The summed E-state index contributed by atoms with van der Waals surface area (Å²) in [6.07, 6.45) is 5.03. The molecule has 0 aromatic carbocycles. The summed E-state index contributed by atoms with van der Waals surface area (Å²) < 4.78 is 32.4. The van der Waals surface area contributed by atoms with Gasteiger partial charge in [0.05, 0.1) is 6.61 Å². The Hall–Kier alpha value is 0.870. The molecule has 6 heteroatoms. The Labute approximate surface area is 102 Å². The summed E-state index contributed by atoms with van der Waals surface area (Å²) in [5, 5.41) is 0. The standard InChI is InChI=1S/C7H16O4S.Na.H/c1-2-3-4-5-6-7-11-12(8,9)10;;/h2-7H2,1H3,(H,8,9,10);;. The van der Waals surface area contributed by atoms with Gasteiger partial charge in [0.2, 0.25) is 0 Å². The second kappa shape index (κ2) is 9.43. The van der Waals surface area contributed by atoms with Crippen LogP contribution >= 0.6 is 0 Å². The van der Waals surface area contributed by atoms with Crippen LogP contribution in [-0.4, -0.2) is 49.1 Å². The first-order valence-corrected chi connectivity index (χ1v) is 5.54. The summed E-state index contributed by atoms with van der Waals surface area (Å²) in [6.45, 7) is 2.19. The number of hydrogen-bond donors (Lipinski definition) is 1. The summed E-state index contributed by atoms with van der Waals surface area (Å²) in [5.74, 6) is 0. The Morgan fingerprint density at radius 2 is 1.69 bits per heavy atom. The van der Waals surface area contributed by atoms with Gasteiger partial charge in [0.1, 0.15) is 0 Å². The van der Waals surface area contributed by atoms with Crippen molar-refractivity contribution in [3.05, 3.63) is 0 Å². The molecule has 0 aliphatic rings. The summed E-state index contributed by atoms with van der Waals surface area (Å²) in [7, 11) is -4.22. The molecular weight excluding hydrogens is 203 g/mol. The SMILES string of the molecule is CCCCCCCOS(=O)(=O)O.[NaH]. The zero-order valence-corrected chi connectivity index (χ0v) is 8.14. The first-order valence-electron chi connectivity index (χ1n) is 4.18. The van der Waals surface area contributed by atoms with Gasteiger partial charge in [0.15, 0.2) is 0 Å². The van der Waals surface area contributed by atoms with Gasteiger partial charge < -0.3 is 0 Å². The van der Waals surface area contributed by atoms with Crippen molar-refractivity contribution in [2.45, 2.75) is 39.0 Å². The molecule has 0 atom stereocenters. The normalized spacial score (nSPS) is 10.9. The topological polar surface area (TPSA) is 63.6 Å². The molecule has 0 aliphatic carbocycles. The van der Waals surface area contributed by atoms with Crippen molar-refractivity contribution in [2.24, 2.45) is 0 Å². The van der Waals surface area contributed by atoms with Gasteiger partial charge in [-0.2, -0.15) is 8.42 Å². The second-order valence-electron chi connectivity index (χ2n) is 2.66. The van der Waals surface area contributed by atoms with Crippen LogP contribution in [0.15, 0.2) is 0 Å². The quantitative estimate of drug-likeness (QED) is 0.397. The van der Waals surface area contributed by atoms with Gasteiger partial charge in [-0.3, -0.25) is 4.55 Å². The van der Waals surface area contributed by atoms with Crippen molar-refractivity contribution in [3.8, 4) is 0 Å². The van der Waals surface area contributed by atoms with E-state index in [1.165, 1.54) is 0 Å². The van der Waals surface area contributed by atoms with Crippen LogP contribution in [0.4, 0.5) is 0 Å². The third-order valence-electron chi connectivity index (χ3n) is 1.48. The Morgan fingerprint density at radius 1 is 1.15 bits per heavy atom. The van der Waals surface area contributed by atoms with Crippen LogP contribution in [0, 0.1) is 0 Å². The van der Waals surface area contributed by atoms with Gasteiger partial charge in [0, 0.05) is 0 Å². The fraction of sp³-hybridized carbons (Fsp3) is 1.00. The molecule has 0 aromatic rings. The third-order valence-corrected chi connectivity index (χ3v) is 1.94. The van der Waals surface area contributed by atoms with E-state index < -0.39 is 10.4 Å². The Bertz CT molecular complexity index is 191. The first kappa shape index (κ1) is 16.3. The van der Waals surface area contributed by atoms with Gasteiger partial charge in [-0.1, -0.05) is 32.6 Å². The zero-order valence-electron chi connectivity index (χ0n) is 7.32. The van der Waals surface area contributed by atoms with E-state index in [-0.39, 0.29) is 36.2 Å². The summed E-state index contributed by atoms with van der Waals surface area (Å²) >= 11 is 0. The molecule has 0 aliphatic heterocycles. The van der Waals surface area contributed by atoms with Gasteiger partial charge in [-0.05, 0) is 6.42 Å². The maximum absolute atomic E-state index is 10.1. The molecule has 0 amide bonds. The summed E-state index contributed by atoms with van der Waals surface area (Å²) in [6, 6.07) is 0. The van der Waals surface area contributed by atoms with Gasteiger partial charge in [0.25, 0.3) is 0 Å². The third kappa shape index (κ3) is 15.6. The van der Waals surface area contributed by atoms with Crippen LogP contribution in [0.25, 0.3) is 0 Å². The average Bonchev–Trinajstić information content (AvgIpc) is 1.94. The van der Waals surface area contributed by atoms with E-state index in [0.29, 0.717) is 6.42 Å². The molecule has 0 fully saturated rings. The zero-order chi connectivity index (χ0) is 9.45. The van der Waals surface area contributed by atoms with Crippen molar-refractivity contribution in [3.63, 3.8) is 0 Å². The molecule has 0 saturated heterocycles. The molecule has 0 rings (SSSR count). The first-order chi connectivity index (χ1) is 5.56. The molecular formula is C7H17NaO4S. The van der Waals surface area contributed by atoms with E-state index in [1.54, 1.807) is 0 Å². The molecule has 4 nitrogen and oxygen atoms in total. The van der Waals surface area contributed by atoms with Crippen LogP contribution in [0.2, 0.25) is 0 Å². The fourth-order valence-electron chi connectivity index (χ4n) is 0.870. The van der Waals surface area contributed by atoms with Gasteiger partial charge in [-0.25, -0.2) is 4.18 Å².